The van der Waals surface area contributed by atoms with E-state index >= 15 is 0 Å². The second-order valence-electron chi connectivity index (χ2n) is 4.31. The Morgan fingerprint density at radius 2 is 1.55 bits per heavy atom. The predicted molar refractivity (Wildman–Crippen MR) is 83.3 cm³/mol. The summed E-state index contributed by atoms with van der Waals surface area (Å²) in [6.45, 7) is 0. The van der Waals surface area contributed by atoms with Gasteiger partial charge >= 0.3 is 5.97 Å². The molecular formula is C17H13ClO4. The summed E-state index contributed by atoms with van der Waals surface area (Å²) in [5, 5.41) is 0.529. The summed E-state index contributed by atoms with van der Waals surface area (Å²) in [6, 6.07) is 12.9. The van der Waals surface area contributed by atoms with Gasteiger partial charge in [0.05, 0.1) is 18.9 Å². The third kappa shape index (κ3) is 4.20. The summed E-state index contributed by atoms with van der Waals surface area (Å²) in [6.07, 6.45) is 2.26. The third-order valence-corrected chi connectivity index (χ3v) is 3.10. The van der Waals surface area contributed by atoms with Crippen molar-refractivity contribution >= 4 is 23.4 Å². The summed E-state index contributed by atoms with van der Waals surface area (Å²) >= 11 is 5.73. The van der Waals surface area contributed by atoms with E-state index in [1.807, 2.05) is 0 Å². The number of hydrogen-bond acceptors (Lipinski definition) is 4. The highest BCUT2D eigenvalue weighted by Crippen LogP contribution is 2.13. The molecule has 0 amide bonds. The molecule has 0 saturated heterocycles. The van der Waals surface area contributed by atoms with E-state index in [0.717, 1.165) is 6.26 Å². The zero-order chi connectivity index (χ0) is 15.9. The van der Waals surface area contributed by atoms with Crippen LogP contribution in [0.1, 0.15) is 20.7 Å². The average molecular weight is 317 g/mol. The smallest absolute Gasteiger partial charge is 0.342 e. The van der Waals surface area contributed by atoms with Crippen LogP contribution in [0.5, 0.6) is 5.75 Å². The van der Waals surface area contributed by atoms with Gasteiger partial charge in [0.2, 0.25) is 0 Å². The van der Waals surface area contributed by atoms with E-state index < -0.39 is 5.97 Å². The van der Waals surface area contributed by atoms with Crippen LogP contribution < -0.4 is 4.74 Å². The van der Waals surface area contributed by atoms with Crippen molar-refractivity contribution in [3.05, 3.63) is 77.0 Å². The van der Waals surface area contributed by atoms with Crippen molar-refractivity contribution in [2.24, 2.45) is 0 Å². The Balaban J connectivity index is 1.94. The van der Waals surface area contributed by atoms with E-state index in [4.69, 9.17) is 21.1 Å². The normalized spacial score (nSPS) is 10.5. The van der Waals surface area contributed by atoms with E-state index in [1.165, 1.54) is 6.08 Å². The lowest BCUT2D eigenvalue weighted by atomic mass is 10.1. The Labute approximate surface area is 132 Å². The van der Waals surface area contributed by atoms with Crippen LogP contribution in [0, 0.1) is 0 Å². The van der Waals surface area contributed by atoms with Gasteiger partial charge < -0.3 is 9.47 Å². The quantitative estimate of drug-likeness (QED) is 0.363. The van der Waals surface area contributed by atoms with Crippen LogP contribution in [0.25, 0.3) is 0 Å². The number of esters is 1. The highest BCUT2D eigenvalue weighted by molar-refractivity contribution is 6.30. The zero-order valence-electron chi connectivity index (χ0n) is 11.8. The third-order valence-electron chi connectivity index (χ3n) is 2.85. The van der Waals surface area contributed by atoms with Crippen LogP contribution in [0.15, 0.2) is 60.9 Å². The fourth-order valence-corrected chi connectivity index (χ4v) is 1.79. The van der Waals surface area contributed by atoms with Gasteiger partial charge in [-0.25, -0.2) is 4.79 Å². The Kier molecular flexibility index (Phi) is 5.33. The molecule has 4 nitrogen and oxygen atoms in total. The number of ketones is 1. The number of carbonyl (C=O) groups excluding carboxylic acids is 2. The maximum Gasteiger partial charge on any atom is 0.342 e. The fraction of sp³-hybridized carbons (Fsp3) is 0.0588. The molecule has 0 aliphatic heterocycles. The monoisotopic (exact) mass is 316 g/mol. The molecule has 0 aliphatic rings. The molecule has 2 rings (SSSR count). The van der Waals surface area contributed by atoms with Gasteiger partial charge in [-0.3, -0.25) is 4.79 Å². The van der Waals surface area contributed by atoms with Crippen molar-refractivity contribution in [3.8, 4) is 5.75 Å². The minimum Gasteiger partial charge on any atom is -0.497 e. The molecule has 0 unspecified atom stereocenters. The molecule has 0 radical (unpaired) electrons. The lowest BCUT2D eigenvalue weighted by Gasteiger charge is -2.01. The van der Waals surface area contributed by atoms with E-state index in [1.54, 1.807) is 55.6 Å². The first kappa shape index (κ1) is 15.8. The van der Waals surface area contributed by atoms with Crippen molar-refractivity contribution in [2.45, 2.75) is 0 Å². The highest BCUT2D eigenvalue weighted by Gasteiger charge is 2.06. The molecule has 2 aromatic carbocycles. The Morgan fingerprint density at radius 1 is 0.955 bits per heavy atom. The molecule has 0 N–H and O–H groups in total. The van der Waals surface area contributed by atoms with Crippen molar-refractivity contribution in [3.63, 3.8) is 0 Å². The molecule has 0 bridgehead atoms. The van der Waals surface area contributed by atoms with Crippen molar-refractivity contribution in [1.29, 1.82) is 0 Å². The van der Waals surface area contributed by atoms with Gasteiger partial charge in [-0.1, -0.05) is 11.6 Å². The Bertz CT molecular complexity index is 688. The van der Waals surface area contributed by atoms with Gasteiger partial charge in [-0.15, -0.1) is 0 Å². The van der Waals surface area contributed by atoms with Gasteiger partial charge in [-0.2, -0.15) is 0 Å². The first-order valence-electron chi connectivity index (χ1n) is 6.41. The number of halogens is 1. The lowest BCUT2D eigenvalue weighted by molar-refractivity contribution is 0.0662. The number of allylic oxidation sites excluding steroid dienone is 1. The first-order chi connectivity index (χ1) is 10.6. The summed E-state index contributed by atoms with van der Waals surface area (Å²) in [7, 11) is 1.55. The molecule has 2 aromatic rings. The van der Waals surface area contributed by atoms with E-state index in [2.05, 4.69) is 0 Å². The molecule has 0 spiro atoms. The predicted octanol–water partition coefficient (Wildman–Crippen LogP) is 3.90. The highest BCUT2D eigenvalue weighted by atomic mass is 35.5. The largest absolute Gasteiger partial charge is 0.497 e. The van der Waals surface area contributed by atoms with Gasteiger partial charge in [0.15, 0.2) is 5.78 Å². The minimum absolute atomic E-state index is 0.272. The van der Waals surface area contributed by atoms with E-state index in [-0.39, 0.29) is 5.78 Å². The van der Waals surface area contributed by atoms with E-state index in [9.17, 15) is 9.59 Å². The molecule has 0 aliphatic carbocycles. The molecule has 0 saturated carbocycles. The summed E-state index contributed by atoms with van der Waals surface area (Å²) < 4.78 is 9.91. The molecule has 0 atom stereocenters. The molecule has 112 valence electrons. The molecule has 22 heavy (non-hydrogen) atoms. The average Bonchev–Trinajstić information content (AvgIpc) is 2.55. The minimum atomic E-state index is -0.560. The number of hydrogen-bond donors (Lipinski definition) is 0. The van der Waals surface area contributed by atoms with Gasteiger partial charge in [0.25, 0.3) is 0 Å². The number of methoxy groups -OCH3 is 1. The summed E-state index contributed by atoms with van der Waals surface area (Å²) in [5.41, 5.74) is 0.825. The number of carbonyl (C=O) groups is 2. The zero-order valence-corrected chi connectivity index (χ0v) is 12.5. The van der Waals surface area contributed by atoms with Crippen LogP contribution >= 0.6 is 11.6 Å². The first-order valence-corrected chi connectivity index (χ1v) is 6.79. The van der Waals surface area contributed by atoms with Gasteiger partial charge in [0, 0.05) is 16.7 Å². The number of benzene rings is 2. The molecular weight excluding hydrogens is 304 g/mol. The molecule has 5 heteroatoms. The maximum absolute atomic E-state index is 11.9. The van der Waals surface area contributed by atoms with Gasteiger partial charge in [0.1, 0.15) is 5.75 Å². The van der Waals surface area contributed by atoms with Crippen molar-refractivity contribution in [1.82, 2.24) is 0 Å². The van der Waals surface area contributed by atoms with Crippen molar-refractivity contribution in [2.75, 3.05) is 7.11 Å². The topological polar surface area (TPSA) is 52.6 Å². The van der Waals surface area contributed by atoms with Crippen LogP contribution in [0.3, 0.4) is 0 Å². The molecule has 0 fully saturated rings. The number of rotatable bonds is 5. The van der Waals surface area contributed by atoms with Gasteiger partial charge in [-0.05, 0) is 48.5 Å². The second-order valence-corrected chi connectivity index (χ2v) is 4.74. The lowest BCUT2D eigenvalue weighted by Crippen LogP contribution is -2.01. The van der Waals surface area contributed by atoms with Crippen LogP contribution in [0.2, 0.25) is 5.02 Å². The Hall–Kier alpha value is -2.59. The molecule has 0 aromatic heterocycles. The summed E-state index contributed by atoms with van der Waals surface area (Å²) in [5.74, 6) is -0.170. The molecule has 0 heterocycles. The Morgan fingerprint density at radius 3 is 2.14 bits per heavy atom. The summed E-state index contributed by atoms with van der Waals surface area (Å²) in [4.78, 5) is 23.6. The second kappa shape index (κ2) is 7.43. The van der Waals surface area contributed by atoms with Crippen molar-refractivity contribution < 1.29 is 19.1 Å². The van der Waals surface area contributed by atoms with Crippen LogP contribution in [-0.2, 0) is 4.74 Å². The SMILES string of the molecule is COc1ccc(C(=O)/C=C/OC(=O)c2ccc(Cl)cc2)cc1. The fourth-order valence-electron chi connectivity index (χ4n) is 1.66. The van der Waals surface area contributed by atoms with Crippen LogP contribution in [0.4, 0.5) is 0 Å². The maximum atomic E-state index is 11.9. The van der Waals surface area contributed by atoms with E-state index in [0.29, 0.717) is 21.9 Å². The van der Waals surface area contributed by atoms with Crippen LogP contribution in [-0.4, -0.2) is 18.9 Å². The standard InChI is InChI=1S/C17H13ClO4/c1-21-15-8-4-12(5-9-15)16(19)10-11-22-17(20)13-2-6-14(18)7-3-13/h2-11H,1H3/b11-10+. The number of ether oxygens (including phenoxy) is 2.